The van der Waals surface area contributed by atoms with Crippen molar-refractivity contribution in [3.05, 3.63) is 54.5 Å². The van der Waals surface area contributed by atoms with Gasteiger partial charge in [0, 0.05) is 37.6 Å². The highest BCUT2D eigenvalue weighted by molar-refractivity contribution is 5.91. The van der Waals surface area contributed by atoms with E-state index >= 15 is 0 Å². The number of rotatable bonds is 5. The fourth-order valence-electron chi connectivity index (χ4n) is 2.61. The average molecular weight is 324 g/mol. The molecule has 4 rings (SSSR count). The molecule has 0 saturated carbocycles. The van der Waals surface area contributed by atoms with Crippen molar-refractivity contribution in [2.75, 3.05) is 13.3 Å². The lowest BCUT2D eigenvalue weighted by molar-refractivity contribution is -0.116. The van der Waals surface area contributed by atoms with Gasteiger partial charge in [0.05, 0.1) is 6.20 Å². The van der Waals surface area contributed by atoms with Gasteiger partial charge in [0.2, 0.25) is 12.7 Å². The summed E-state index contributed by atoms with van der Waals surface area (Å²) < 4.78 is 14.4. The fraction of sp³-hybridized carbons (Fsp3) is 0.176. The van der Waals surface area contributed by atoms with Crippen molar-refractivity contribution in [3.63, 3.8) is 0 Å². The highest BCUT2D eigenvalue weighted by Gasteiger charge is 2.12. The first-order valence-corrected chi connectivity index (χ1v) is 7.64. The van der Waals surface area contributed by atoms with E-state index in [1.807, 2.05) is 41.2 Å². The molecule has 24 heavy (non-hydrogen) atoms. The Hall–Kier alpha value is -3.22. The van der Waals surface area contributed by atoms with Crippen molar-refractivity contribution >= 4 is 17.6 Å². The molecular weight excluding hydrogens is 308 g/mol. The number of nitrogens with zero attached hydrogens (tertiary/aromatic N) is 3. The lowest BCUT2D eigenvalue weighted by Gasteiger charge is -2.04. The van der Waals surface area contributed by atoms with Gasteiger partial charge in [0.15, 0.2) is 11.5 Å². The summed E-state index contributed by atoms with van der Waals surface area (Å²) in [7, 11) is 0. The van der Waals surface area contributed by atoms with E-state index in [0.717, 1.165) is 17.0 Å². The maximum atomic E-state index is 11.9. The molecule has 122 valence electrons. The molecule has 3 aromatic rings. The molecule has 1 aromatic carbocycles. The van der Waals surface area contributed by atoms with Crippen LogP contribution < -0.4 is 14.8 Å². The van der Waals surface area contributed by atoms with E-state index in [1.165, 1.54) is 6.08 Å². The SMILES string of the molecule is O=C(/C=C/c1ccc2c(c1)OCO2)NCCn1ccn2nccc12. The third-order valence-corrected chi connectivity index (χ3v) is 3.81. The van der Waals surface area contributed by atoms with Crippen molar-refractivity contribution in [1.29, 1.82) is 0 Å². The van der Waals surface area contributed by atoms with Crippen LogP contribution >= 0.6 is 0 Å². The number of aromatic nitrogens is 3. The van der Waals surface area contributed by atoms with Crippen molar-refractivity contribution < 1.29 is 14.3 Å². The third kappa shape index (κ3) is 2.83. The lowest BCUT2D eigenvalue weighted by atomic mass is 10.2. The summed E-state index contributed by atoms with van der Waals surface area (Å²) in [5, 5.41) is 7.02. The van der Waals surface area contributed by atoms with Crippen molar-refractivity contribution in [2.45, 2.75) is 6.54 Å². The molecule has 0 radical (unpaired) electrons. The number of hydrogen-bond donors (Lipinski definition) is 1. The summed E-state index contributed by atoms with van der Waals surface area (Å²) in [6.45, 7) is 1.47. The molecule has 1 aliphatic rings. The Bertz CT molecular complexity index is 910. The molecule has 0 fully saturated rings. The first kappa shape index (κ1) is 14.4. The molecule has 1 amide bonds. The van der Waals surface area contributed by atoms with E-state index in [0.29, 0.717) is 18.8 Å². The zero-order valence-electron chi connectivity index (χ0n) is 12.9. The minimum atomic E-state index is -0.135. The summed E-state index contributed by atoms with van der Waals surface area (Å²) in [5.74, 6) is 1.30. The van der Waals surface area contributed by atoms with Gasteiger partial charge in [-0.2, -0.15) is 5.10 Å². The average Bonchev–Trinajstić information content (AvgIpc) is 3.30. The molecule has 1 aliphatic heterocycles. The van der Waals surface area contributed by atoms with Crippen LogP contribution in [0.25, 0.3) is 11.7 Å². The van der Waals surface area contributed by atoms with Crippen molar-refractivity contribution in [2.24, 2.45) is 0 Å². The van der Waals surface area contributed by atoms with Crippen LogP contribution in [0.3, 0.4) is 0 Å². The topological polar surface area (TPSA) is 69.8 Å². The number of amides is 1. The predicted molar refractivity (Wildman–Crippen MR) is 87.8 cm³/mol. The van der Waals surface area contributed by atoms with Crippen LogP contribution in [0.4, 0.5) is 0 Å². The second kappa shape index (κ2) is 6.11. The molecule has 0 aliphatic carbocycles. The second-order valence-electron chi connectivity index (χ2n) is 5.36. The van der Waals surface area contributed by atoms with Gasteiger partial charge in [-0.15, -0.1) is 0 Å². The number of hydrogen-bond acceptors (Lipinski definition) is 4. The third-order valence-electron chi connectivity index (χ3n) is 3.81. The van der Waals surface area contributed by atoms with E-state index in [-0.39, 0.29) is 12.7 Å². The lowest BCUT2D eigenvalue weighted by Crippen LogP contribution is -2.25. The van der Waals surface area contributed by atoms with Crippen LogP contribution in [0, 0.1) is 0 Å². The molecule has 0 unspecified atom stereocenters. The second-order valence-corrected chi connectivity index (χ2v) is 5.36. The Balaban J connectivity index is 1.31. The normalized spacial score (nSPS) is 13.0. The summed E-state index contributed by atoms with van der Waals surface area (Å²) in [4.78, 5) is 11.9. The Morgan fingerprint density at radius 1 is 1.25 bits per heavy atom. The Kier molecular flexibility index (Phi) is 3.66. The number of nitrogens with one attached hydrogen (secondary N) is 1. The van der Waals surface area contributed by atoms with Crippen LogP contribution in [0.2, 0.25) is 0 Å². The number of carbonyl (C=O) groups excluding carboxylic acids is 1. The molecule has 3 heterocycles. The molecular formula is C17H16N4O3. The maximum Gasteiger partial charge on any atom is 0.244 e. The first-order valence-electron chi connectivity index (χ1n) is 7.64. The van der Waals surface area contributed by atoms with Gasteiger partial charge >= 0.3 is 0 Å². The molecule has 7 nitrogen and oxygen atoms in total. The maximum absolute atomic E-state index is 11.9. The predicted octanol–water partition coefficient (Wildman–Crippen LogP) is 1.69. The quantitative estimate of drug-likeness (QED) is 0.725. The van der Waals surface area contributed by atoms with Gasteiger partial charge in [-0.05, 0) is 23.8 Å². The summed E-state index contributed by atoms with van der Waals surface area (Å²) in [6.07, 6.45) is 8.84. The van der Waals surface area contributed by atoms with Gasteiger partial charge in [-0.25, -0.2) is 4.52 Å². The van der Waals surface area contributed by atoms with E-state index < -0.39 is 0 Å². The van der Waals surface area contributed by atoms with Crippen LogP contribution in [-0.4, -0.2) is 33.4 Å². The van der Waals surface area contributed by atoms with Gasteiger partial charge < -0.3 is 19.4 Å². The molecule has 0 spiro atoms. The number of ether oxygens (including phenoxy) is 2. The number of imidazole rings is 1. The van der Waals surface area contributed by atoms with Crippen molar-refractivity contribution in [1.82, 2.24) is 19.5 Å². The zero-order chi connectivity index (χ0) is 16.4. The van der Waals surface area contributed by atoms with E-state index in [1.54, 1.807) is 16.8 Å². The van der Waals surface area contributed by atoms with Crippen LogP contribution in [0.5, 0.6) is 11.5 Å². The molecule has 0 atom stereocenters. The van der Waals surface area contributed by atoms with E-state index in [4.69, 9.17) is 9.47 Å². The first-order chi connectivity index (χ1) is 11.8. The Labute approximate surface area is 138 Å². The van der Waals surface area contributed by atoms with E-state index in [9.17, 15) is 4.79 Å². The largest absolute Gasteiger partial charge is 0.454 e. The monoisotopic (exact) mass is 324 g/mol. The van der Waals surface area contributed by atoms with Crippen molar-refractivity contribution in [3.8, 4) is 11.5 Å². The van der Waals surface area contributed by atoms with Crippen LogP contribution in [-0.2, 0) is 11.3 Å². The van der Waals surface area contributed by atoms with Crippen LogP contribution in [0.1, 0.15) is 5.56 Å². The smallest absolute Gasteiger partial charge is 0.244 e. The highest BCUT2D eigenvalue weighted by atomic mass is 16.7. The van der Waals surface area contributed by atoms with Crippen LogP contribution in [0.15, 0.2) is 48.9 Å². The van der Waals surface area contributed by atoms with Gasteiger partial charge in [-0.3, -0.25) is 4.79 Å². The highest BCUT2D eigenvalue weighted by Crippen LogP contribution is 2.32. The number of fused-ring (bicyclic) bond motifs is 2. The zero-order valence-corrected chi connectivity index (χ0v) is 12.9. The summed E-state index contributed by atoms with van der Waals surface area (Å²) in [5.41, 5.74) is 1.89. The number of benzene rings is 1. The van der Waals surface area contributed by atoms with E-state index in [2.05, 4.69) is 10.4 Å². The van der Waals surface area contributed by atoms with Gasteiger partial charge in [-0.1, -0.05) is 6.07 Å². The molecule has 7 heteroatoms. The Morgan fingerprint density at radius 2 is 2.17 bits per heavy atom. The minimum absolute atomic E-state index is 0.135. The minimum Gasteiger partial charge on any atom is -0.454 e. The molecule has 0 bridgehead atoms. The van der Waals surface area contributed by atoms with Gasteiger partial charge in [0.25, 0.3) is 0 Å². The summed E-state index contributed by atoms with van der Waals surface area (Å²) >= 11 is 0. The Morgan fingerprint density at radius 3 is 3.12 bits per heavy atom. The molecule has 1 N–H and O–H groups in total. The fourth-order valence-corrected chi connectivity index (χ4v) is 2.61. The molecule has 2 aromatic heterocycles. The summed E-state index contributed by atoms with van der Waals surface area (Å²) in [6, 6.07) is 7.50. The standard InChI is InChI=1S/C17H16N4O3/c22-16(4-2-13-1-3-14-15(11-13)24-12-23-14)18-7-8-20-9-10-21-17(20)5-6-19-21/h1-6,9-11H,7-8,12H2,(H,18,22)/b4-2+. The molecule has 0 saturated heterocycles. The number of carbonyl (C=O) groups is 1. The van der Waals surface area contributed by atoms with Gasteiger partial charge in [0.1, 0.15) is 5.65 Å².